The maximum absolute atomic E-state index is 12.6. The summed E-state index contributed by atoms with van der Waals surface area (Å²) < 4.78 is 36.9. The lowest BCUT2D eigenvalue weighted by Crippen LogP contribution is -2.64. The first-order valence-corrected chi connectivity index (χ1v) is 12.5. The van der Waals surface area contributed by atoms with E-state index in [0.717, 1.165) is 33.9 Å². The van der Waals surface area contributed by atoms with Crippen molar-refractivity contribution in [3.63, 3.8) is 0 Å². The Morgan fingerprint density at radius 3 is 2.14 bits per heavy atom. The summed E-state index contributed by atoms with van der Waals surface area (Å²) in [6.45, 7) is 3.64. The second-order valence-corrected chi connectivity index (χ2v) is 8.93. The topological polar surface area (TPSA) is 208 Å². The normalized spacial score (nSPS) is 21.3. The van der Waals surface area contributed by atoms with Gasteiger partial charge < -0.3 is 43.4 Å². The smallest absolute Gasteiger partial charge is 0.409 e. The molecule has 1 aliphatic rings. The van der Waals surface area contributed by atoms with Gasteiger partial charge in [0, 0.05) is 47.0 Å². The Bertz CT molecular complexity index is 1180. The Kier molecular flexibility index (Phi) is 12.4. The van der Waals surface area contributed by atoms with E-state index in [9.17, 15) is 34.1 Å². The second kappa shape index (κ2) is 15.5. The first kappa shape index (κ1) is 33.7. The van der Waals surface area contributed by atoms with Crippen LogP contribution in [-0.2, 0) is 54.2 Å². The Morgan fingerprint density at radius 2 is 1.60 bits per heavy atom. The summed E-state index contributed by atoms with van der Waals surface area (Å²) in [5.41, 5.74) is -0.358. The number of likely N-dealkylation sites (N-methyl/N-ethyl adjacent to an activating group) is 2. The quantitative estimate of drug-likeness (QED) is 0.150. The van der Waals surface area contributed by atoms with Gasteiger partial charge >= 0.3 is 35.7 Å². The summed E-state index contributed by atoms with van der Waals surface area (Å²) in [5, 5.41) is 14.8. The standard InChI is InChI=1S/C25H33N3O14/c1-13(29)38-19-20(39-14(2)30)22(40-15(3)31)24(42-21(19)23(32)36-6)41-18-8-7-16(11-17(18)28(34)35)12-37-25(33)27(5)10-9-26-4/h7-8,11,19-22,24,26H,9-10,12H2,1-6H3. The van der Waals surface area contributed by atoms with Gasteiger partial charge in [-0.1, -0.05) is 6.07 Å². The van der Waals surface area contributed by atoms with Crippen LogP contribution in [0.5, 0.6) is 5.75 Å². The summed E-state index contributed by atoms with van der Waals surface area (Å²) in [5.74, 6) is -4.17. The minimum absolute atomic E-state index is 0.241. The van der Waals surface area contributed by atoms with Crippen LogP contribution in [-0.4, -0.2) is 105 Å². The lowest BCUT2D eigenvalue weighted by atomic mass is 9.97. The van der Waals surface area contributed by atoms with Crippen LogP contribution in [0.3, 0.4) is 0 Å². The Hall–Kier alpha value is -4.51. The fourth-order valence-electron chi connectivity index (χ4n) is 3.82. The maximum atomic E-state index is 12.6. The Labute approximate surface area is 240 Å². The fourth-order valence-corrected chi connectivity index (χ4v) is 3.82. The van der Waals surface area contributed by atoms with Crippen LogP contribution >= 0.6 is 0 Å². The summed E-state index contributed by atoms with van der Waals surface area (Å²) >= 11 is 0. The average molecular weight is 600 g/mol. The number of nitro groups is 1. The molecule has 0 radical (unpaired) electrons. The molecule has 1 aromatic carbocycles. The first-order chi connectivity index (χ1) is 19.8. The van der Waals surface area contributed by atoms with Crippen LogP contribution < -0.4 is 10.1 Å². The molecule has 1 heterocycles. The highest BCUT2D eigenvalue weighted by Gasteiger charge is 2.56. The lowest BCUT2D eigenvalue weighted by Gasteiger charge is -2.42. The van der Waals surface area contributed by atoms with Crippen molar-refractivity contribution in [3.8, 4) is 5.75 Å². The monoisotopic (exact) mass is 599 g/mol. The number of nitrogens with one attached hydrogen (secondary N) is 1. The minimum Gasteiger partial charge on any atom is -0.467 e. The summed E-state index contributed by atoms with van der Waals surface area (Å²) in [6, 6.07) is 3.63. The summed E-state index contributed by atoms with van der Waals surface area (Å²) in [7, 11) is 4.26. The van der Waals surface area contributed by atoms with E-state index in [4.69, 9.17) is 33.2 Å². The zero-order valence-electron chi connectivity index (χ0n) is 23.9. The second-order valence-electron chi connectivity index (χ2n) is 8.93. The van der Waals surface area contributed by atoms with E-state index in [1.807, 2.05) is 0 Å². The Balaban J connectivity index is 2.44. The van der Waals surface area contributed by atoms with Gasteiger partial charge in [0.2, 0.25) is 12.4 Å². The van der Waals surface area contributed by atoms with Crippen LogP contribution in [0.15, 0.2) is 18.2 Å². The molecule has 232 valence electrons. The van der Waals surface area contributed by atoms with Gasteiger partial charge in [0.1, 0.15) is 6.61 Å². The van der Waals surface area contributed by atoms with Crippen molar-refractivity contribution in [1.82, 2.24) is 10.2 Å². The highest BCUT2D eigenvalue weighted by Crippen LogP contribution is 2.35. The van der Waals surface area contributed by atoms with Gasteiger partial charge in [0.25, 0.3) is 0 Å². The number of hydrogen-bond acceptors (Lipinski definition) is 15. The molecule has 0 spiro atoms. The van der Waals surface area contributed by atoms with Gasteiger partial charge in [-0.3, -0.25) is 24.5 Å². The third-order valence-electron chi connectivity index (χ3n) is 5.67. The molecule has 0 aromatic heterocycles. The van der Waals surface area contributed by atoms with Crippen LogP contribution in [0, 0.1) is 10.1 Å². The highest BCUT2D eigenvalue weighted by molar-refractivity contribution is 5.77. The highest BCUT2D eigenvalue weighted by atomic mass is 16.7. The lowest BCUT2D eigenvalue weighted by molar-refractivity contribution is -0.387. The average Bonchev–Trinajstić information content (AvgIpc) is 2.92. The number of nitrogens with zero attached hydrogens (tertiary/aromatic N) is 2. The van der Waals surface area contributed by atoms with Crippen molar-refractivity contribution in [3.05, 3.63) is 33.9 Å². The van der Waals surface area contributed by atoms with Gasteiger partial charge in [-0.2, -0.15) is 0 Å². The zero-order chi connectivity index (χ0) is 31.6. The van der Waals surface area contributed by atoms with Crippen molar-refractivity contribution < 1.29 is 62.1 Å². The van der Waals surface area contributed by atoms with E-state index in [-0.39, 0.29) is 12.2 Å². The van der Waals surface area contributed by atoms with E-state index < -0.39 is 77.0 Å². The van der Waals surface area contributed by atoms with E-state index in [1.54, 1.807) is 7.05 Å². The van der Waals surface area contributed by atoms with Crippen LogP contribution in [0.25, 0.3) is 0 Å². The number of benzene rings is 1. The molecule has 0 saturated carbocycles. The molecule has 1 saturated heterocycles. The van der Waals surface area contributed by atoms with Crippen molar-refractivity contribution in [2.24, 2.45) is 0 Å². The molecule has 5 atom stereocenters. The third-order valence-corrected chi connectivity index (χ3v) is 5.67. The minimum atomic E-state index is -1.79. The Morgan fingerprint density at radius 1 is 1.00 bits per heavy atom. The van der Waals surface area contributed by atoms with E-state index in [1.165, 1.54) is 24.1 Å². The van der Waals surface area contributed by atoms with Crippen molar-refractivity contribution in [1.29, 1.82) is 0 Å². The molecule has 1 N–H and O–H groups in total. The van der Waals surface area contributed by atoms with E-state index in [2.05, 4.69) is 5.32 Å². The number of ether oxygens (including phenoxy) is 7. The summed E-state index contributed by atoms with van der Waals surface area (Å²) in [4.78, 5) is 72.9. The fraction of sp³-hybridized carbons (Fsp3) is 0.560. The SMILES string of the molecule is CNCCN(C)C(=O)OCc1ccc(OC2OC(C(=O)OC)C(OC(C)=O)C(OC(C)=O)C2OC(C)=O)c([N+](=O)[O-])c1. The number of carbonyl (C=O) groups excluding carboxylic acids is 5. The predicted molar refractivity (Wildman–Crippen MR) is 138 cm³/mol. The molecule has 1 aliphatic heterocycles. The number of nitro benzene ring substituents is 1. The van der Waals surface area contributed by atoms with E-state index in [0.29, 0.717) is 13.1 Å². The predicted octanol–water partition coefficient (Wildman–Crippen LogP) is 0.454. The van der Waals surface area contributed by atoms with E-state index >= 15 is 0 Å². The molecular formula is C25H33N3O14. The number of carbonyl (C=O) groups is 5. The third kappa shape index (κ3) is 9.27. The molecule has 2 rings (SSSR count). The van der Waals surface area contributed by atoms with Gasteiger partial charge in [0.05, 0.1) is 12.0 Å². The number of rotatable bonds is 12. The van der Waals surface area contributed by atoms with Crippen LogP contribution in [0.1, 0.15) is 26.3 Å². The van der Waals surface area contributed by atoms with Gasteiger partial charge in [-0.15, -0.1) is 0 Å². The molecule has 17 nitrogen and oxygen atoms in total. The molecule has 42 heavy (non-hydrogen) atoms. The first-order valence-electron chi connectivity index (χ1n) is 12.5. The molecule has 1 fully saturated rings. The van der Waals surface area contributed by atoms with Gasteiger partial charge in [-0.25, -0.2) is 9.59 Å². The molecule has 1 aromatic rings. The molecule has 17 heteroatoms. The molecule has 5 unspecified atom stereocenters. The van der Waals surface area contributed by atoms with Crippen molar-refractivity contribution in [2.75, 3.05) is 34.3 Å². The number of esters is 4. The van der Waals surface area contributed by atoms with Crippen LogP contribution in [0.2, 0.25) is 0 Å². The number of amides is 1. The number of methoxy groups -OCH3 is 1. The maximum Gasteiger partial charge on any atom is 0.409 e. The zero-order valence-corrected chi connectivity index (χ0v) is 23.9. The molecule has 0 aliphatic carbocycles. The largest absolute Gasteiger partial charge is 0.467 e. The molecule has 0 bridgehead atoms. The summed E-state index contributed by atoms with van der Waals surface area (Å²) in [6.07, 6.45) is -9.14. The van der Waals surface area contributed by atoms with Gasteiger partial charge in [-0.05, 0) is 18.7 Å². The van der Waals surface area contributed by atoms with Gasteiger partial charge in [0.15, 0.2) is 24.1 Å². The van der Waals surface area contributed by atoms with Crippen molar-refractivity contribution >= 4 is 35.7 Å². The molecular weight excluding hydrogens is 566 g/mol. The molecule has 1 amide bonds. The number of hydrogen-bond donors (Lipinski definition) is 1. The van der Waals surface area contributed by atoms with Crippen LogP contribution in [0.4, 0.5) is 10.5 Å². The van der Waals surface area contributed by atoms with Crippen molar-refractivity contribution in [2.45, 2.75) is 58.1 Å².